The molecule has 0 aliphatic carbocycles. The highest BCUT2D eigenvalue weighted by Gasteiger charge is 2.40. The lowest BCUT2D eigenvalue weighted by Crippen LogP contribution is -2.17. The molecule has 0 bridgehead atoms. The molecule has 1 aromatic carbocycles. The molecular formula is C10H10BrFO2. The molecule has 1 aromatic rings. The van der Waals surface area contributed by atoms with Crippen molar-refractivity contribution in [2.24, 2.45) is 0 Å². The topological polar surface area (TPSA) is 21.8 Å². The van der Waals surface area contributed by atoms with Crippen LogP contribution in [0.4, 0.5) is 4.39 Å². The summed E-state index contributed by atoms with van der Waals surface area (Å²) < 4.78 is 24.4. The Kier molecular flexibility index (Phi) is 2.49. The van der Waals surface area contributed by atoms with Crippen molar-refractivity contribution in [3.63, 3.8) is 0 Å². The van der Waals surface area contributed by atoms with Gasteiger partial charge in [-0.05, 0) is 25.1 Å². The van der Waals surface area contributed by atoms with E-state index >= 15 is 0 Å². The maximum Gasteiger partial charge on any atom is 0.165 e. The van der Waals surface area contributed by atoms with Crippen molar-refractivity contribution >= 4 is 15.9 Å². The fourth-order valence-electron chi connectivity index (χ4n) is 1.02. The number of hydrogen-bond acceptors (Lipinski definition) is 2. The Morgan fingerprint density at radius 3 is 3.00 bits per heavy atom. The highest BCUT2D eigenvalue weighted by atomic mass is 79.9. The Bertz CT molecular complexity index is 350. The van der Waals surface area contributed by atoms with Crippen molar-refractivity contribution in [3.8, 4) is 5.75 Å². The van der Waals surface area contributed by atoms with Crippen LogP contribution in [0.3, 0.4) is 0 Å². The van der Waals surface area contributed by atoms with Gasteiger partial charge in [-0.2, -0.15) is 0 Å². The third-order valence-corrected chi connectivity index (χ3v) is 2.56. The summed E-state index contributed by atoms with van der Waals surface area (Å²) in [6.45, 7) is 3.01. The Morgan fingerprint density at radius 2 is 2.36 bits per heavy atom. The van der Waals surface area contributed by atoms with E-state index in [0.29, 0.717) is 13.2 Å². The van der Waals surface area contributed by atoms with Crippen LogP contribution in [-0.2, 0) is 4.74 Å². The quantitative estimate of drug-likeness (QED) is 0.780. The number of rotatable bonds is 3. The maximum atomic E-state index is 13.2. The van der Waals surface area contributed by atoms with E-state index in [9.17, 15) is 4.39 Å². The molecule has 1 fully saturated rings. The monoisotopic (exact) mass is 260 g/mol. The number of benzene rings is 1. The molecule has 14 heavy (non-hydrogen) atoms. The highest BCUT2D eigenvalue weighted by molar-refractivity contribution is 9.10. The fraction of sp³-hybridized carbons (Fsp3) is 0.400. The molecule has 1 heterocycles. The number of hydrogen-bond donors (Lipinski definition) is 0. The van der Waals surface area contributed by atoms with Crippen LogP contribution in [0.5, 0.6) is 5.75 Å². The lowest BCUT2D eigenvalue weighted by molar-refractivity contribution is 0.197. The Hall–Kier alpha value is -0.610. The minimum absolute atomic E-state index is 0.214. The van der Waals surface area contributed by atoms with E-state index in [2.05, 4.69) is 15.9 Å². The summed E-state index contributed by atoms with van der Waals surface area (Å²) in [5, 5.41) is 0. The lowest BCUT2D eigenvalue weighted by atomic mass is 10.2. The van der Waals surface area contributed by atoms with Crippen molar-refractivity contribution in [1.82, 2.24) is 0 Å². The van der Waals surface area contributed by atoms with Crippen LogP contribution in [0.15, 0.2) is 22.7 Å². The van der Waals surface area contributed by atoms with Gasteiger partial charge in [0.2, 0.25) is 0 Å². The van der Waals surface area contributed by atoms with Gasteiger partial charge in [0, 0.05) is 4.47 Å². The van der Waals surface area contributed by atoms with E-state index in [1.807, 2.05) is 6.92 Å². The van der Waals surface area contributed by atoms with E-state index in [4.69, 9.17) is 9.47 Å². The van der Waals surface area contributed by atoms with Gasteiger partial charge in [0.25, 0.3) is 0 Å². The summed E-state index contributed by atoms with van der Waals surface area (Å²) in [5.41, 5.74) is -0.214. The highest BCUT2D eigenvalue weighted by Crippen LogP contribution is 2.28. The molecule has 1 aliphatic rings. The minimum Gasteiger partial charge on any atom is -0.487 e. The third-order valence-electron chi connectivity index (χ3n) is 2.06. The third kappa shape index (κ3) is 2.25. The SMILES string of the molecule is CC1(COc2cc(Br)ccc2F)CO1. The number of ether oxygens (including phenoxy) is 2. The van der Waals surface area contributed by atoms with Crippen LogP contribution >= 0.6 is 15.9 Å². The van der Waals surface area contributed by atoms with Crippen LogP contribution in [0, 0.1) is 5.82 Å². The Labute approximate surface area is 90.1 Å². The van der Waals surface area contributed by atoms with Gasteiger partial charge in [0.1, 0.15) is 12.2 Å². The summed E-state index contributed by atoms with van der Waals surface area (Å²) in [4.78, 5) is 0. The smallest absolute Gasteiger partial charge is 0.165 e. The van der Waals surface area contributed by atoms with Crippen LogP contribution < -0.4 is 4.74 Å². The first-order valence-corrected chi connectivity index (χ1v) is 5.10. The molecule has 0 N–H and O–H groups in total. The molecule has 0 spiro atoms. The molecule has 2 nitrogen and oxygen atoms in total. The molecule has 76 valence electrons. The molecule has 4 heteroatoms. The first kappa shape index (κ1) is 9.93. The van der Waals surface area contributed by atoms with E-state index < -0.39 is 0 Å². The zero-order valence-corrected chi connectivity index (χ0v) is 9.30. The predicted molar refractivity (Wildman–Crippen MR) is 54.0 cm³/mol. The van der Waals surface area contributed by atoms with E-state index in [-0.39, 0.29) is 17.2 Å². The zero-order valence-electron chi connectivity index (χ0n) is 7.72. The minimum atomic E-state index is -0.350. The summed E-state index contributed by atoms with van der Waals surface area (Å²) in [7, 11) is 0. The average Bonchev–Trinajstić information content (AvgIpc) is 2.87. The summed E-state index contributed by atoms with van der Waals surface area (Å²) >= 11 is 3.25. The van der Waals surface area contributed by atoms with Crippen molar-refractivity contribution in [3.05, 3.63) is 28.5 Å². The molecule has 2 rings (SSSR count). The van der Waals surface area contributed by atoms with Crippen molar-refractivity contribution < 1.29 is 13.9 Å². The Morgan fingerprint density at radius 1 is 1.64 bits per heavy atom. The molecule has 0 saturated carbocycles. The zero-order chi connectivity index (χ0) is 10.2. The van der Waals surface area contributed by atoms with Gasteiger partial charge in [0.05, 0.1) is 6.61 Å². The van der Waals surface area contributed by atoms with Gasteiger partial charge < -0.3 is 9.47 Å². The summed E-state index contributed by atoms with van der Waals surface area (Å²) in [5.74, 6) is -0.0893. The van der Waals surface area contributed by atoms with E-state index in [1.54, 1.807) is 12.1 Å². The van der Waals surface area contributed by atoms with E-state index in [1.165, 1.54) is 6.07 Å². The van der Waals surface area contributed by atoms with Crippen LogP contribution in [-0.4, -0.2) is 18.8 Å². The molecule has 0 amide bonds. The van der Waals surface area contributed by atoms with Crippen molar-refractivity contribution in [1.29, 1.82) is 0 Å². The summed E-state index contributed by atoms with van der Waals surface area (Å²) in [6.07, 6.45) is 0. The molecule has 0 aromatic heterocycles. The normalized spacial score (nSPS) is 24.8. The predicted octanol–water partition coefficient (Wildman–Crippen LogP) is 2.76. The molecule has 0 radical (unpaired) electrons. The largest absolute Gasteiger partial charge is 0.487 e. The summed E-state index contributed by atoms with van der Waals surface area (Å²) in [6, 6.07) is 4.62. The van der Waals surface area contributed by atoms with Crippen molar-refractivity contribution in [2.75, 3.05) is 13.2 Å². The van der Waals surface area contributed by atoms with Gasteiger partial charge in [-0.25, -0.2) is 4.39 Å². The standard InChI is InChI=1S/C10H10BrFO2/c1-10(6-14-10)5-13-9-4-7(11)2-3-8(9)12/h2-4H,5-6H2,1H3. The van der Waals surface area contributed by atoms with Crippen LogP contribution in [0.25, 0.3) is 0 Å². The Balaban J connectivity index is 2.04. The van der Waals surface area contributed by atoms with Crippen LogP contribution in [0.2, 0.25) is 0 Å². The number of epoxide rings is 1. The first-order valence-electron chi connectivity index (χ1n) is 4.31. The van der Waals surface area contributed by atoms with Gasteiger partial charge in [-0.15, -0.1) is 0 Å². The van der Waals surface area contributed by atoms with Crippen LogP contribution in [0.1, 0.15) is 6.92 Å². The second kappa shape index (κ2) is 3.51. The molecule has 1 aliphatic heterocycles. The molecule has 1 saturated heterocycles. The number of halogens is 2. The second-order valence-electron chi connectivity index (χ2n) is 3.60. The maximum absolute atomic E-state index is 13.2. The van der Waals surface area contributed by atoms with E-state index in [0.717, 1.165) is 4.47 Å². The molecule has 1 unspecified atom stereocenters. The van der Waals surface area contributed by atoms with Gasteiger partial charge >= 0.3 is 0 Å². The first-order chi connectivity index (χ1) is 6.59. The van der Waals surface area contributed by atoms with Gasteiger partial charge in [0.15, 0.2) is 11.6 Å². The molecule has 1 atom stereocenters. The fourth-order valence-corrected chi connectivity index (χ4v) is 1.36. The molecular weight excluding hydrogens is 251 g/mol. The van der Waals surface area contributed by atoms with Gasteiger partial charge in [-0.1, -0.05) is 15.9 Å². The lowest BCUT2D eigenvalue weighted by Gasteiger charge is -2.09. The average molecular weight is 261 g/mol. The van der Waals surface area contributed by atoms with Crippen molar-refractivity contribution in [2.45, 2.75) is 12.5 Å². The second-order valence-corrected chi connectivity index (χ2v) is 4.52. The van der Waals surface area contributed by atoms with Gasteiger partial charge in [-0.3, -0.25) is 0 Å².